The van der Waals surface area contributed by atoms with Crippen LogP contribution in [0.15, 0.2) is 41.3 Å². The van der Waals surface area contributed by atoms with Gasteiger partial charge >= 0.3 is 5.97 Å². The molecular formula is C20H14ClNO7S. The van der Waals surface area contributed by atoms with Gasteiger partial charge in [0, 0.05) is 16.7 Å². The zero-order valence-corrected chi connectivity index (χ0v) is 16.9. The number of carbonyl (C=O) groups is 3. The Balaban J connectivity index is 1.56. The molecule has 1 N–H and O–H groups in total. The number of amides is 2. The van der Waals surface area contributed by atoms with E-state index in [9.17, 15) is 14.4 Å². The van der Waals surface area contributed by atoms with Gasteiger partial charge in [0.05, 0.1) is 11.4 Å². The third-order valence-corrected chi connectivity index (χ3v) is 5.56. The fourth-order valence-electron chi connectivity index (χ4n) is 2.90. The van der Waals surface area contributed by atoms with Gasteiger partial charge in [0.2, 0.25) is 6.79 Å². The minimum atomic E-state index is -1.12. The van der Waals surface area contributed by atoms with Gasteiger partial charge in [0.15, 0.2) is 18.1 Å². The fourth-order valence-corrected chi connectivity index (χ4v) is 3.94. The summed E-state index contributed by atoms with van der Waals surface area (Å²) in [5.74, 6) is -0.291. The molecule has 2 aromatic rings. The van der Waals surface area contributed by atoms with Gasteiger partial charge < -0.3 is 19.3 Å². The molecule has 0 atom stereocenters. The van der Waals surface area contributed by atoms with Crippen molar-refractivity contribution in [1.82, 2.24) is 4.90 Å². The first kappa shape index (κ1) is 20.1. The van der Waals surface area contributed by atoms with Crippen LogP contribution in [0.1, 0.15) is 11.1 Å². The number of benzene rings is 2. The van der Waals surface area contributed by atoms with E-state index in [-0.39, 0.29) is 18.2 Å². The van der Waals surface area contributed by atoms with Crippen LogP contribution in [0.25, 0.3) is 6.08 Å². The van der Waals surface area contributed by atoms with E-state index in [0.717, 1.165) is 16.7 Å². The largest absolute Gasteiger partial charge is 0.481 e. The molecule has 4 rings (SSSR count). The number of aliphatic carboxylic acids is 1. The molecule has 1 fully saturated rings. The van der Waals surface area contributed by atoms with Crippen molar-refractivity contribution in [3.63, 3.8) is 0 Å². The predicted molar refractivity (Wildman–Crippen MR) is 109 cm³/mol. The van der Waals surface area contributed by atoms with E-state index in [1.54, 1.807) is 36.4 Å². The monoisotopic (exact) mass is 447 g/mol. The number of thioether (sulfide) groups is 1. The number of fused-ring (bicyclic) bond motifs is 1. The number of halogens is 1. The molecule has 0 bridgehead atoms. The number of rotatable bonds is 6. The summed E-state index contributed by atoms with van der Waals surface area (Å²) in [4.78, 5) is 37.3. The van der Waals surface area contributed by atoms with Crippen molar-refractivity contribution in [1.29, 1.82) is 0 Å². The van der Waals surface area contributed by atoms with E-state index in [2.05, 4.69) is 0 Å². The molecule has 2 aliphatic rings. The molecule has 0 aromatic heterocycles. The zero-order chi connectivity index (χ0) is 21.3. The molecule has 2 aliphatic heterocycles. The van der Waals surface area contributed by atoms with Crippen molar-refractivity contribution in [2.75, 3.05) is 13.4 Å². The molecule has 2 aromatic carbocycles. The van der Waals surface area contributed by atoms with Crippen molar-refractivity contribution in [3.05, 3.63) is 57.5 Å². The number of carboxylic acid groups (broad SMARTS) is 1. The summed E-state index contributed by atoms with van der Waals surface area (Å²) >= 11 is 7.05. The minimum Gasteiger partial charge on any atom is -0.481 e. The highest BCUT2D eigenvalue weighted by atomic mass is 35.5. The standard InChI is InChI=1S/C20H14ClNO7S/c21-13-7-16-15(28-10-29-16)5-12(13)8-22-19(25)17(30-20(22)26)6-11-3-1-2-4-14(11)27-9-18(23)24/h1-7H,8-10H2,(H,23,24)/b17-6-. The van der Waals surface area contributed by atoms with Crippen LogP contribution in [0.3, 0.4) is 0 Å². The van der Waals surface area contributed by atoms with E-state index in [0.29, 0.717) is 33.4 Å². The number of ether oxygens (including phenoxy) is 3. The molecule has 0 unspecified atom stereocenters. The number of hydrogen-bond donors (Lipinski definition) is 1. The van der Waals surface area contributed by atoms with Crippen LogP contribution >= 0.6 is 23.4 Å². The van der Waals surface area contributed by atoms with Crippen molar-refractivity contribution >= 4 is 46.6 Å². The average molecular weight is 448 g/mol. The molecule has 0 radical (unpaired) electrons. The molecular weight excluding hydrogens is 434 g/mol. The highest BCUT2D eigenvalue weighted by Crippen LogP contribution is 2.39. The van der Waals surface area contributed by atoms with E-state index in [4.69, 9.17) is 30.9 Å². The van der Waals surface area contributed by atoms with Crippen LogP contribution in [0.5, 0.6) is 17.2 Å². The Morgan fingerprint density at radius 3 is 2.73 bits per heavy atom. The topological polar surface area (TPSA) is 102 Å². The smallest absolute Gasteiger partial charge is 0.341 e. The SMILES string of the molecule is O=C(O)COc1ccccc1/C=C1\SC(=O)N(Cc2cc3c(cc2Cl)OCO3)C1=O. The first-order chi connectivity index (χ1) is 14.4. The Morgan fingerprint density at radius 1 is 1.23 bits per heavy atom. The molecule has 1 saturated heterocycles. The van der Waals surface area contributed by atoms with Crippen LogP contribution in [-0.2, 0) is 16.1 Å². The second-order valence-electron chi connectivity index (χ2n) is 6.28. The van der Waals surface area contributed by atoms with E-state index in [1.807, 2.05) is 0 Å². The Labute approximate surface area is 180 Å². The van der Waals surface area contributed by atoms with Gasteiger partial charge in [0.1, 0.15) is 5.75 Å². The Kier molecular flexibility index (Phi) is 5.56. The van der Waals surface area contributed by atoms with Gasteiger partial charge in [-0.1, -0.05) is 29.8 Å². The normalized spacial score (nSPS) is 16.4. The van der Waals surface area contributed by atoms with Gasteiger partial charge in [0.25, 0.3) is 11.1 Å². The van der Waals surface area contributed by atoms with Gasteiger partial charge in [-0.15, -0.1) is 0 Å². The summed E-state index contributed by atoms with van der Waals surface area (Å²) in [7, 11) is 0. The lowest BCUT2D eigenvalue weighted by atomic mass is 10.1. The number of imide groups is 1. The lowest BCUT2D eigenvalue weighted by Gasteiger charge is -2.14. The number of para-hydroxylation sites is 1. The van der Waals surface area contributed by atoms with Gasteiger partial charge in [-0.05, 0) is 35.5 Å². The molecule has 30 heavy (non-hydrogen) atoms. The Morgan fingerprint density at radius 2 is 1.97 bits per heavy atom. The Bertz CT molecular complexity index is 1080. The average Bonchev–Trinajstić information content (AvgIpc) is 3.26. The number of carbonyl (C=O) groups excluding carboxylic acids is 2. The van der Waals surface area contributed by atoms with Crippen LogP contribution in [0.4, 0.5) is 4.79 Å². The number of nitrogens with zero attached hydrogens (tertiary/aromatic N) is 1. The number of carboxylic acids is 1. The van der Waals surface area contributed by atoms with Gasteiger partial charge in [-0.25, -0.2) is 4.79 Å². The molecule has 2 amide bonds. The predicted octanol–water partition coefficient (Wildman–Crippen LogP) is 3.77. The van der Waals surface area contributed by atoms with Crippen LogP contribution in [-0.4, -0.2) is 40.5 Å². The second-order valence-corrected chi connectivity index (χ2v) is 7.69. The summed E-state index contributed by atoms with van der Waals surface area (Å²) < 4.78 is 15.8. The lowest BCUT2D eigenvalue weighted by molar-refractivity contribution is -0.139. The summed E-state index contributed by atoms with van der Waals surface area (Å²) in [5.41, 5.74) is 1.04. The van der Waals surface area contributed by atoms with Gasteiger partial charge in [-0.2, -0.15) is 0 Å². The van der Waals surface area contributed by atoms with Crippen molar-refractivity contribution in [2.45, 2.75) is 6.54 Å². The molecule has 8 nitrogen and oxygen atoms in total. The maximum Gasteiger partial charge on any atom is 0.341 e. The Hall–Kier alpha value is -3.17. The molecule has 10 heteroatoms. The van der Waals surface area contributed by atoms with Crippen LogP contribution < -0.4 is 14.2 Å². The molecule has 2 heterocycles. The van der Waals surface area contributed by atoms with E-state index in [1.165, 1.54) is 6.08 Å². The summed E-state index contributed by atoms with van der Waals surface area (Å²) in [5, 5.41) is 8.72. The molecule has 154 valence electrons. The molecule has 0 saturated carbocycles. The summed E-state index contributed by atoms with van der Waals surface area (Å²) in [6, 6.07) is 9.89. The van der Waals surface area contributed by atoms with Gasteiger partial charge in [-0.3, -0.25) is 14.5 Å². The molecule has 0 aliphatic carbocycles. The maximum absolute atomic E-state index is 12.8. The second kappa shape index (κ2) is 8.29. The van der Waals surface area contributed by atoms with Crippen LogP contribution in [0.2, 0.25) is 5.02 Å². The molecule has 0 spiro atoms. The van der Waals surface area contributed by atoms with Crippen molar-refractivity contribution in [3.8, 4) is 17.2 Å². The van der Waals surface area contributed by atoms with E-state index < -0.39 is 23.7 Å². The van der Waals surface area contributed by atoms with Crippen molar-refractivity contribution < 1.29 is 33.7 Å². The highest BCUT2D eigenvalue weighted by Gasteiger charge is 2.36. The number of hydrogen-bond acceptors (Lipinski definition) is 7. The third-order valence-electron chi connectivity index (χ3n) is 4.30. The lowest BCUT2D eigenvalue weighted by Crippen LogP contribution is -2.27. The quantitative estimate of drug-likeness (QED) is 0.667. The fraction of sp³-hybridized carbons (Fsp3) is 0.150. The highest BCUT2D eigenvalue weighted by molar-refractivity contribution is 8.18. The first-order valence-electron chi connectivity index (χ1n) is 8.69. The third kappa shape index (κ3) is 4.07. The zero-order valence-electron chi connectivity index (χ0n) is 15.3. The van der Waals surface area contributed by atoms with Crippen LogP contribution in [0, 0.1) is 0 Å². The summed E-state index contributed by atoms with van der Waals surface area (Å²) in [6.07, 6.45) is 1.50. The first-order valence-corrected chi connectivity index (χ1v) is 9.89. The minimum absolute atomic E-state index is 0.0192. The van der Waals surface area contributed by atoms with Crippen molar-refractivity contribution in [2.24, 2.45) is 0 Å². The van der Waals surface area contributed by atoms with E-state index >= 15 is 0 Å². The summed E-state index contributed by atoms with van der Waals surface area (Å²) in [6.45, 7) is -0.452. The maximum atomic E-state index is 12.8.